The number of benzene rings is 1. The Balaban J connectivity index is 2.60. The van der Waals surface area contributed by atoms with Crippen molar-refractivity contribution in [2.24, 2.45) is 0 Å². The van der Waals surface area contributed by atoms with Gasteiger partial charge in [0.2, 0.25) is 0 Å². The standard InChI is InChI=1S/C15H25NO2/c1-4-8-16-13(3)14-6-7-15(12(2)11-14)18-10-5-9-17/h6-7,11,13,16-17H,4-5,8-10H2,1-3H3. The molecule has 0 heterocycles. The summed E-state index contributed by atoms with van der Waals surface area (Å²) in [5, 5.41) is 12.2. The molecule has 1 atom stereocenters. The lowest BCUT2D eigenvalue weighted by Gasteiger charge is -2.16. The fourth-order valence-corrected chi connectivity index (χ4v) is 1.83. The molecule has 2 N–H and O–H groups in total. The Labute approximate surface area is 110 Å². The summed E-state index contributed by atoms with van der Waals surface area (Å²) in [6, 6.07) is 6.66. The quantitative estimate of drug-likeness (QED) is 0.698. The molecule has 0 bridgehead atoms. The maximum absolute atomic E-state index is 8.72. The summed E-state index contributed by atoms with van der Waals surface area (Å²) in [6.45, 7) is 8.19. The van der Waals surface area contributed by atoms with Crippen LogP contribution in [0.5, 0.6) is 5.75 Å². The zero-order valence-corrected chi connectivity index (χ0v) is 11.7. The van der Waals surface area contributed by atoms with E-state index in [4.69, 9.17) is 9.84 Å². The monoisotopic (exact) mass is 251 g/mol. The Morgan fingerprint density at radius 3 is 2.78 bits per heavy atom. The Morgan fingerprint density at radius 1 is 1.39 bits per heavy atom. The normalized spacial score (nSPS) is 12.4. The van der Waals surface area contributed by atoms with E-state index in [0.29, 0.717) is 19.1 Å². The fourth-order valence-electron chi connectivity index (χ4n) is 1.83. The summed E-state index contributed by atoms with van der Waals surface area (Å²) in [4.78, 5) is 0. The van der Waals surface area contributed by atoms with Crippen molar-refractivity contribution in [2.45, 2.75) is 39.7 Å². The van der Waals surface area contributed by atoms with Gasteiger partial charge >= 0.3 is 0 Å². The number of nitrogens with one attached hydrogen (secondary N) is 1. The smallest absolute Gasteiger partial charge is 0.122 e. The fraction of sp³-hybridized carbons (Fsp3) is 0.600. The van der Waals surface area contributed by atoms with Gasteiger partial charge in [0.1, 0.15) is 5.75 Å². The van der Waals surface area contributed by atoms with Crippen LogP contribution in [0.3, 0.4) is 0 Å². The van der Waals surface area contributed by atoms with Gasteiger partial charge in [-0.2, -0.15) is 0 Å². The first-order valence-electron chi connectivity index (χ1n) is 6.76. The maximum Gasteiger partial charge on any atom is 0.122 e. The van der Waals surface area contributed by atoms with Crippen molar-refractivity contribution in [2.75, 3.05) is 19.8 Å². The van der Waals surface area contributed by atoms with Gasteiger partial charge in [-0.3, -0.25) is 0 Å². The number of ether oxygens (including phenoxy) is 1. The molecule has 102 valence electrons. The lowest BCUT2D eigenvalue weighted by Crippen LogP contribution is -2.19. The number of aliphatic hydroxyl groups excluding tert-OH is 1. The average molecular weight is 251 g/mol. The van der Waals surface area contributed by atoms with E-state index in [0.717, 1.165) is 24.3 Å². The van der Waals surface area contributed by atoms with Crippen molar-refractivity contribution in [1.29, 1.82) is 0 Å². The van der Waals surface area contributed by atoms with Crippen LogP contribution in [0, 0.1) is 6.92 Å². The molecule has 3 nitrogen and oxygen atoms in total. The van der Waals surface area contributed by atoms with E-state index in [2.05, 4.69) is 38.2 Å². The minimum Gasteiger partial charge on any atom is -0.493 e. The Morgan fingerprint density at radius 2 is 2.17 bits per heavy atom. The summed E-state index contributed by atoms with van der Waals surface area (Å²) in [6.07, 6.45) is 1.82. The van der Waals surface area contributed by atoms with Crippen LogP contribution in [0.2, 0.25) is 0 Å². The van der Waals surface area contributed by atoms with Gasteiger partial charge in [0.15, 0.2) is 0 Å². The molecule has 0 amide bonds. The number of aliphatic hydroxyl groups is 1. The topological polar surface area (TPSA) is 41.5 Å². The molecule has 0 fully saturated rings. The summed E-state index contributed by atoms with van der Waals surface area (Å²) in [5.41, 5.74) is 2.44. The summed E-state index contributed by atoms with van der Waals surface area (Å²) in [7, 11) is 0. The number of hydrogen-bond acceptors (Lipinski definition) is 3. The molecular formula is C15H25NO2. The first kappa shape index (κ1) is 15.0. The van der Waals surface area contributed by atoms with Gasteiger partial charge in [0, 0.05) is 19.1 Å². The van der Waals surface area contributed by atoms with E-state index in [9.17, 15) is 0 Å². The number of aryl methyl sites for hydroxylation is 1. The molecule has 0 aliphatic heterocycles. The number of rotatable bonds is 8. The average Bonchev–Trinajstić information content (AvgIpc) is 2.38. The first-order valence-corrected chi connectivity index (χ1v) is 6.76. The lowest BCUT2D eigenvalue weighted by atomic mass is 10.0. The molecule has 1 rings (SSSR count). The molecule has 0 aromatic heterocycles. The maximum atomic E-state index is 8.72. The Hall–Kier alpha value is -1.06. The molecule has 0 aliphatic carbocycles. The predicted molar refractivity (Wildman–Crippen MR) is 75.1 cm³/mol. The number of hydrogen-bond donors (Lipinski definition) is 2. The van der Waals surface area contributed by atoms with Gasteiger partial charge in [0.25, 0.3) is 0 Å². The molecule has 0 saturated carbocycles. The van der Waals surface area contributed by atoms with Crippen molar-refractivity contribution in [3.8, 4) is 5.75 Å². The van der Waals surface area contributed by atoms with Crippen LogP contribution in [-0.2, 0) is 0 Å². The molecule has 3 heteroatoms. The first-order chi connectivity index (χ1) is 8.69. The third-order valence-electron chi connectivity index (χ3n) is 2.96. The minimum absolute atomic E-state index is 0.176. The summed E-state index contributed by atoms with van der Waals surface area (Å²) in [5.74, 6) is 0.912. The van der Waals surface area contributed by atoms with Crippen LogP contribution in [0.25, 0.3) is 0 Å². The largest absolute Gasteiger partial charge is 0.493 e. The van der Waals surface area contributed by atoms with E-state index < -0.39 is 0 Å². The van der Waals surface area contributed by atoms with Crippen molar-refractivity contribution in [3.05, 3.63) is 29.3 Å². The van der Waals surface area contributed by atoms with Crippen LogP contribution < -0.4 is 10.1 Å². The van der Waals surface area contributed by atoms with Crippen LogP contribution in [-0.4, -0.2) is 24.9 Å². The Bertz CT molecular complexity index is 352. The Kier molecular flexibility index (Phi) is 6.76. The van der Waals surface area contributed by atoms with Gasteiger partial charge < -0.3 is 15.2 Å². The van der Waals surface area contributed by atoms with E-state index in [-0.39, 0.29) is 6.61 Å². The lowest BCUT2D eigenvalue weighted by molar-refractivity contribution is 0.233. The van der Waals surface area contributed by atoms with Gasteiger partial charge in [-0.25, -0.2) is 0 Å². The van der Waals surface area contributed by atoms with Gasteiger partial charge in [-0.1, -0.05) is 19.1 Å². The van der Waals surface area contributed by atoms with E-state index in [1.165, 1.54) is 5.56 Å². The molecule has 1 aromatic carbocycles. The summed E-state index contributed by atoms with van der Waals surface area (Å²) < 4.78 is 5.61. The molecule has 18 heavy (non-hydrogen) atoms. The van der Waals surface area contributed by atoms with E-state index in [1.54, 1.807) is 0 Å². The van der Waals surface area contributed by atoms with Gasteiger partial charge in [-0.05, 0) is 44.0 Å². The molecule has 1 unspecified atom stereocenters. The van der Waals surface area contributed by atoms with Crippen LogP contribution in [0.1, 0.15) is 43.9 Å². The molecular weight excluding hydrogens is 226 g/mol. The van der Waals surface area contributed by atoms with Crippen LogP contribution in [0.4, 0.5) is 0 Å². The molecule has 1 aromatic rings. The zero-order valence-electron chi connectivity index (χ0n) is 11.7. The summed E-state index contributed by atoms with van der Waals surface area (Å²) >= 11 is 0. The highest BCUT2D eigenvalue weighted by Gasteiger charge is 2.07. The van der Waals surface area contributed by atoms with Crippen LogP contribution >= 0.6 is 0 Å². The van der Waals surface area contributed by atoms with E-state index in [1.807, 2.05) is 6.07 Å². The minimum atomic E-state index is 0.176. The van der Waals surface area contributed by atoms with Crippen LogP contribution in [0.15, 0.2) is 18.2 Å². The third-order valence-corrected chi connectivity index (χ3v) is 2.96. The van der Waals surface area contributed by atoms with Gasteiger partial charge in [0.05, 0.1) is 6.61 Å². The zero-order chi connectivity index (χ0) is 13.4. The molecule has 0 radical (unpaired) electrons. The van der Waals surface area contributed by atoms with Crippen molar-refractivity contribution in [1.82, 2.24) is 5.32 Å². The molecule has 0 spiro atoms. The van der Waals surface area contributed by atoms with E-state index >= 15 is 0 Å². The van der Waals surface area contributed by atoms with Crippen molar-refractivity contribution >= 4 is 0 Å². The third kappa shape index (κ3) is 4.67. The van der Waals surface area contributed by atoms with Gasteiger partial charge in [-0.15, -0.1) is 0 Å². The highest BCUT2D eigenvalue weighted by atomic mass is 16.5. The predicted octanol–water partition coefficient (Wildman–Crippen LogP) is 2.82. The second-order valence-corrected chi connectivity index (χ2v) is 4.63. The van der Waals surface area contributed by atoms with Crippen molar-refractivity contribution in [3.63, 3.8) is 0 Å². The van der Waals surface area contributed by atoms with Crippen molar-refractivity contribution < 1.29 is 9.84 Å². The molecule has 0 saturated heterocycles. The molecule has 0 aliphatic rings. The SMILES string of the molecule is CCCNC(C)c1ccc(OCCCO)c(C)c1. The highest BCUT2D eigenvalue weighted by molar-refractivity contribution is 5.37. The highest BCUT2D eigenvalue weighted by Crippen LogP contribution is 2.22. The second-order valence-electron chi connectivity index (χ2n) is 4.63. The second kappa shape index (κ2) is 8.11.